The highest BCUT2D eigenvalue weighted by molar-refractivity contribution is 7.11. The molecule has 0 saturated carbocycles. The zero-order valence-corrected chi connectivity index (χ0v) is 11.9. The molecule has 0 unspecified atom stereocenters. The topological polar surface area (TPSA) is 42.2 Å². The first-order valence-corrected chi connectivity index (χ1v) is 6.74. The van der Waals surface area contributed by atoms with Gasteiger partial charge >= 0.3 is 7.12 Å². The van der Waals surface area contributed by atoms with Crippen molar-refractivity contribution in [3.05, 3.63) is 27.9 Å². The van der Waals surface area contributed by atoms with Gasteiger partial charge in [-0.25, -0.2) is 0 Å². The second kappa shape index (κ2) is 4.54. The van der Waals surface area contributed by atoms with Crippen molar-refractivity contribution in [3.63, 3.8) is 0 Å². The molecule has 0 aromatic carbocycles. The van der Waals surface area contributed by atoms with E-state index in [4.69, 9.17) is 14.6 Å². The number of rotatable bonds is 2. The Kier molecular flexibility index (Phi) is 3.37. The van der Waals surface area contributed by atoms with Crippen molar-refractivity contribution in [1.29, 1.82) is 5.26 Å². The first-order valence-electron chi connectivity index (χ1n) is 5.86. The van der Waals surface area contributed by atoms with Crippen LogP contribution >= 0.6 is 11.3 Å². The van der Waals surface area contributed by atoms with Gasteiger partial charge in [0.15, 0.2) is 0 Å². The summed E-state index contributed by atoms with van der Waals surface area (Å²) in [5.41, 5.74) is 0.0680. The summed E-state index contributed by atoms with van der Waals surface area (Å²) in [4.78, 5) is 1.03. The zero-order chi connectivity index (χ0) is 13.4. The smallest absolute Gasteiger partial charge is 0.400 e. The molecule has 3 nitrogen and oxygen atoms in total. The average molecular weight is 261 g/mol. The van der Waals surface area contributed by atoms with Crippen LogP contribution in [0.25, 0.3) is 6.08 Å². The zero-order valence-electron chi connectivity index (χ0n) is 11.1. The summed E-state index contributed by atoms with van der Waals surface area (Å²) in [6.45, 7) is 8.11. The second-order valence-corrected chi connectivity index (χ2v) is 6.28. The SMILES string of the molecule is CC1(C)OB(/C=C/c2cc(C#N)cs2)OC1(C)C. The summed E-state index contributed by atoms with van der Waals surface area (Å²) in [6.07, 6.45) is 1.94. The molecule has 18 heavy (non-hydrogen) atoms. The van der Waals surface area contributed by atoms with Crippen molar-refractivity contribution < 1.29 is 9.31 Å². The summed E-state index contributed by atoms with van der Waals surface area (Å²) in [5.74, 6) is 1.89. The van der Waals surface area contributed by atoms with E-state index in [0.717, 1.165) is 4.88 Å². The molecule has 94 valence electrons. The minimum atomic E-state index is -0.331. The van der Waals surface area contributed by atoms with E-state index in [-0.39, 0.29) is 18.3 Å². The maximum absolute atomic E-state index is 8.75. The van der Waals surface area contributed by atoms with Crippen molar-refractivity contribution in [3.8, 4) is 6.07 Å². The quantitative estimate of drug-likeness (QED) is 0.767. The third kappa shape index (κ3) is 2.51. The number of nitriles is 1. The Morgan fingerprint density at radius 3 is 2.39 bits per heavy atom. The Morgan fingerprint density at radius 2 is 1.89 bits per heavy atom. The number of thiophene rings is 1. The van der Waals surface area contributed by atoms with Crippen molar-refractivity contribution >= 4 is 24.5 Å². The predicted molar refractivity (Wildman–Crippen MR) is 74.2 cm³/mol. The van der Waals surface area contributed by atoms with Crippen molar-refractivity contribution in [2.45, 2.75) is 38.9 Å². The molecule has 5 heteroatoms. The molecule has 0 bridgehead atoms. The molecular weight excluding hydrogens is 245 g/mol. The predicted octanol–water partition coefficient (Wildman–Crippen LogP) is 3.26. The van der Waals surface area contributed by atoms with Gasteiger partial charge in [0, 0.05) is 10.3 Å². The van der Waals surface area contributed by atoms with E-state index in [2.05, 4.69) is 6.07 Å². The maximum atomic E-state index is 8.75. The molecule has 1 aromatic heterocycles. The van der Waals surface area contributed by atoms with Crippen LogP contribution in [-0.2, 0) is 9.31 Å². The van der Waals surface area contributed by atoms with Gasteiger partial charge in [-0.1, -0.05) is 12.1 Å². The third-order valence-electron chi connectivity index (χ3n) is 3.44. The van der Waals surface area contributed by atoms with Crippen LogP contribution in [0.5, 0.6) is 0 Å². The lowest BCUT2D eigenvalue weighted by atomic mass is 9.90. The van der Waals surface area contributed by atoms with Gasteiger partial charge in [-0.05, 0) is 33.8 Å². The summed E-state index contributed by atoms with van der Waals surface area (Å²) in [7, 11) is -0.331. The van der Waals surface area contributed by atoms with E-state index in [1.165, 1.54) is 11.3 Å². The van der Waals surface area contributed by atoms with Crippen LogP contribution in [0.1, 0.15) is 38.1 Å². The van der Waals surface area contributed by atoms with Gasteiger partial charge in [-0.15, -0.1) is 11.3 Å². The molecule has 0 atom stereocenters. The third-order valence-corrected chi connectivity index (χ3v) is 4.34. The maximum Gasteiger partial charge on any atom is 0.487 e. The Hall–Kier alpha value is -1.09. The van der Waals surface area contributed by atoms with Crippen LogP contribution in [-0.4, -0.2) is 18.3 Å². The van der Waals surface area contributed by atoms with E-state index >= 15 is 0 Å². The molecule has 0 N–H and O–H groups in total. The minimum absolute atomic E-state index is 0.310. The molecule has 0 amide bonds. The largest absolute Gasteiger partial charge is 0.487 e. The Balaban J connectivity index is 2.06. The Labute approximate surface area is 112 Å². The van der Waals surface area contributed by atoms with Crippen molar-refractivity contribution in [2.24, 2.45) is 0 Å². The van der Waals surface area contributed by atoms with E-state index in [0.29, 0.717) is 5.56 Å². The lowest BCUT2D eigenvalue weighted by Crippen LogP contribution is -2.41. The lowest BCUT2D eigenvalue weighted by molar-refractivity contribution is 0.00578. The van der Waals surface area contributed by atoms with E-state index in [9.17, 15) is 0 Å². The molecule has 2 heterocycles. The summed E-state index contributed by atoms with van der Waals surface area (Å²) >= 11 is 1.54. The molecule has 1 aromatic rings. The first kappa shape index (κ1) is 13.3. The first-order chi connectivity index (χ1) is 8.34. The molecule has 0 radical (unpaired) electrons. The van der Waals surface area contributed by atoms with Crippen molar-refractivity contribution in [1.82, 2.24) is 0 Å². The van der Waals surface area contributed by atoms with Crippen LogP contribution in [0.3, 0.4) is 0 Å². The molecule has 1 aliphatic heterocycles. The summed E-state index contributed by atoms with van der Waals surface area (Å²) in [5, 5.41) is 10.6. The Morgan fingerprint density at radius 1 is 1.28 bits per heavy atom. The molecule has 1 fully saturated rings. The molecular formula is C13H16BNO2S. The fourth-order valence-electron chi connectivity index (χ4n) is 1.64. The van der Waals surface area contributed by atoms with Gasteiger partial charge in [0.1, 0.15) is 6.07 Å². The van der Waals surface area contributed by atoms with Crippen molar-refractivity contribution in [2.75, 3.05) is 0 Å². The van der Waals surface area contributed by atoms with Gasteiger partial charge in [0.2, 0.25) is 0 Å². The van der Waals surface area contributed by atoms with Gasteiger partial charge in [-0.2, -0.15) is 5.26 Å². The number of hydrogen-bond acceptors (Lipinski definition) is 4. The highest BCUT2D eigenvalue weighted by atomic mass is 32.1. The fraction of sp³-hybridized carbons (Fsp3) is 0.462. The lowest BCUT2D eigenvalue weighted by Gasteiger charge is -2.32. The van der Waals surface area contributed by atoms with Crippen LogP contribution in [0.2, 0.25) is 0 Å². The van der Waals surface area contributed by atoms with Gasteiger partial charge < -0.3 is 9.31 Å². The minimum Gasteiger partial charge on any atom is -0.400 e. The highest BCUT2D eigenvalue weighted by Gasteiger charge is 2.49. The van der Waals surface area contributed by atoms with Crippen LogP contribution in [0, 0.1) is 11.3 Å². The van der Waals surface area contributed by atoms with E-state index < -0.39 is 0 Å². The second-order valence-electron chi connectivity index (χ2n) is 5.33. The number of hydrogen-bond donors (Lipinski definition) is 0. The standard InChI is InChI=1S/C13H16BNO2S/c1-12(2)13(3,4)17-14(16-12)6-5-11-7-10(8-15)9-18-11/h5-7,9H,1-4H3/b6-5+. The summed E-state index contributed by atoms with van der Waals surface area (Å²) in [6, 6.07) is 3.97. The molecule has 0 spiro atoms. The van der Waals surface area contributed by atoms with E-state index in [1.807, 2.05) is 51.2 Å². The van der Waals surface area contributed by atoms with Crippen LogP contribution in [0.15, 0.2) is 17.4 Å². The number of nitrogens with zero attached hydrogens (tertiary/aromatic N) is 1. The van der Waals surface area contributed by atoms with Gasteiger partial charge in [0.05, 0.1) is 16.8 Å². The highest BCUT2D eigenvalue weighted by Crippen LogP contribution is 2.37. The Bertz CT molecular complexity index is 497. The molecule has 2 rings (SSSR count). The van der Waals surface area contributed by atoms with Gasteiger partial charge in [-0.3, -0.25) is 0 Å². The monoisotopic (exact) mass is 261 g/mol. The van der Waals surface area contributed by atoms with E-state index in [1.54, 1.807) is 0 Å². The normalized spacial score (nSPS) is 21.4. The molecule has 1 aliphatic rings. The average Bonchev–Trinajstić information content (AvgIpc) is 2.79. The fourth-order valence-corrected chi connectivity index (χ4v) is 2.38. The van der Waals surface area contributed by atoms with Gasteiger partial charge in [0.25, 0.3) is 0 Å². The summed E-state index contributed by atoms with van der Waals surface area (Å²) < 4.78 is 11.7. The molecule has 1 saturated heterocycles. The molecule has 0 aliphatic carbocycles. The van der Waals surface area contributed by atoms with Crippen LogP contribution in [0.4, 0.5) is 0 Å². The van der Waals surface area contributed by atoms with Crippen LogP contribution < -0.4 is 0 Å².